The van der Waals surface area contributed by atoms with Crippen molar-refractivity contribution in [1.29, 1.82) is 0 Å². The van der Waals surface area contributed by atoms with Crippen LogP contribution in [0.1, 0.15) is 20.3 Å². The van der Waals surface area contributed by atoms with E-state index in [2.05, 4.69) is 26.5 Å². The van der Waals surface area contributed by atoms with Crippen LogP contribution in [0.3, 0.4) is 0 Å². The second kappa shape index (κ2) is 9.36. The average Bonchev–Trinajstić information content (AvgIpc) is 2.02. The van der Waals surface area contributed by atoms with Crippen LogP contribution in [0.5, 0.6) is 0 Å². The van der Waals surface area contributed by atoms with Gasteiger partial charge in [-0.3, -0.25) is 0 Å². The van der Waals surface area contributed by atoms with E-state index in [1.165, 1.54) is 0 Å². The molecule has 0 aromatic carbocycles. The lowest BCUT2D eigenvalue weighted by Gasteiger charge is -2.06. The lowest BCUT2D eigenvalue weighted by atomic mass is 10.2. The number of thiol groups is 1. The van der Waals surface area contributed by atoms with Crippen molar-refractivity contribution in [3.8, 4) is 0 Å². The highest BCUT2D eigenvalue weighted by Crippen LogP contribution is 1.92. The van der Waals surface area contributed by atoms with Crippen molar-refractivity contribution in [1.82, 2.24) is 0 Å². The van der Waals surface area contributed by atoms with Crippen molar-refractivity contribution in [2.24, 2.45) is 5.92 Å². The van der Waals surface area contributed by atoms with E-state index < -0.39 is 0 Å². The van der Waals surface area contributed by atoms with E-state index in [4.69, 9.17) is 9.47 Å². The number of rotatable bonds is 8. The normalized spacial score (nSPS) is 11.0. The maximum atomic E-state index is 5.33. The molecule has 0 amide bonds. The van der Waals surface area contributed by atoms with Gasteiger partial charge in [-0.1, -0.05) is 13.8 Å². The molecule has 0 unspecified atom stereocenters. The molecule has 0 aromatic rings. The number of hydrogen-bond acceptors (Lipinski definition) is 3. The SMILES string of the molecule is CC(C)COCCOCCCS. The molecule has 0 aliphatic rings. The molecule has 0 spiro atoms. The molecule has 0 aliphatic heterocycles. The van der Waals surface area contributed by atoms with Crippen LogP contribution in [0.2, 0.25) is 0 Å². The Hall–Kier alpha value is 0.270. The molecule has 0 aliphatic carbocycles. The third-order valence-electron chi connectivity index (χ3n) is 1.27. The summed E-state index contributed by atoms with van der Waals surface area (Å²) in [5.41, 5.74) is 0. The van der Waals surface area contributed by atoms with Gasteiger partial charge in [-0.05, 0) is 18.1 Å². The predicted molar refractivity (Wildman–Crippen MR) is 54.9 cm³/mol. The maximum absolute atomic E-state index is 5.33. The van der Waals surface area contributed by atoms with E-state index in [0.717, 1.165) is 25.4 Å². The van der Waals surface area contributed by atoms with Gasteiger partial charge in [-0.15, -0.1) is 0 Å². The maximum Gasteiger partial charge on any atom is 0.0700 e. The molecule has 0 radical (unpaired) electrons. The summed E-state index contributed by atoms with van der Waals surface area (Å²) in [5, 5.41) is 0. The summed E-state index contributed by atoms with van der Waals surface area (Å²) in [6.45, 7) is 7.33. The largest absolute Gasteiger partial charge is 0.379 e. The van der Waals surface area contributed by atoms with Gasteiger partial charge in [0.25, 0.3) is 0 Å². The summed E-state index contributed by atoms with van der Waals surface area (Å²) < 4.78 is 10.6. The highest BCUT2D eigenvalue weighted by molar-refractivity contribution is 7.80. The number of hydrogen-bond donors (Lipinski definition) is 1. The first-order valence-corrected chi connectivity index (χ1v) is 5.17. The van der Waals surface area contributed by atoms with Crippen LogP contribution in [-0.4, -0.2) is 32.2 Å². The quantitative estimate of drug-likeness (QED) is 0.468. The number of ether oxygens (including phenoxy) is 2. The smallest absolute Gasteiger partial charge is 0.0700 e. The topological polar surface area (TPSA) is 18.5 Å². The molecular weight excluding hydrogens is 172 g/mol. The van der Waals surface area contributed by atoms with E-state index >= 15 is 0 Å². The first-order chi connectivity index (χ1) is 5.77. The molecular formula is C9H20O2S. The van der Waals surface area contributed by atoms with Crippen molar-refractivity contribution in [2.75, 3.05) is 32.2 Å². The van der Waals surface area contributed by atoms with Crippen molar-refractivity contribution in [2.45, 2.75) is 20.3 Å². The Labute approximate surface area is 81.0 Å². The molecule has 2 nitrogen and oxygen atoms in total. The van der Waals surface area contributed by atoms with Crippen LogP contribution in [0.25, 0.3) is 0 Å². The molecule has 0 aromatic heterocycles. The molecule has 0 fully saturated rings. The van der Waals surface area contributed by atoms with Crippen molar-refractivity contribution < 1.29 is 9.47 Å². The zero-order chi connectivity index (χ0) is 9.23. The van der Waals surface area contributed by atoms with Gasteiger partial charge in [0.1, 0.15) is 0 Å². The minimum atomic E-state index is 0.613. The van der Waals surface area contributed by atoms with Crippen LogP contribution < -0.4 is 0 Å². The van der Waals surface area contributed by atoms with Gasteiger partial charge in [0.05, 0.1) is 13.2 Å². The fraction of sp³-hybridized carbons (Fsp3) is 1.00. The van der Waals surface area contributed by atoms with Crippen LogP contribution in [0.4, 0.5) is 0 Å². The van der Waals surface area contributed by atoms with Gasteiger partial charge in [0.2, 0.25) is 0 Å². The second-order valence-corrected chi connectivity index (χ2v) is 3.61. The van der Waals surface area contributed by atoms with E-state index in [0.29, 0.717) is 19.1 Å². The molecule has 0 N–H and O–H groups in total. The van der Waals surface area contributed by atoms with Crippen LogP contribution in [0.15, 0.2) is 0 Å². The van der Waals surface area contributed by atoms with E-state index in [9.17, 15) is 0 Å². The molecule has 74 valence electrons. The Kier molecular flexibility index (Phi) is 9.57. The highest BCUT2D eigenvalue weighted by Gasteiger charge is 1.93. The minimum absolute atomic E-state index is 0.613. The highest BCUT2D eigenvalue weighted by atomic mass is 32.1. The molecule has 0 heterocycles. The zero-order valence-electron chi connectivity index (χ0n) is 8.08. The molecule has 0 rings (SSSR count). The Balaban J connectivity index is 2.82. The Morgan fingerprint density at radius 1 is 1.08 bits per heavy atom. The third-order valence-corrected chi connectivity index (χ3v) is 1.59. The van der Waals surface area contributed by atoms with E-state index in [1.807, 2.05) is 0 Å². The van der Waals surface area contributed by atoms with Gasteiger partial charge >= 0.3 is 0 Å². The summed E-state index contributed by atoms with van der Waals surface area (Å²) in [7, 11) is 0. The van der Waals surface area contributed by atoms with Gasteiger partial charge < -0.3 is 9.47 Å². The molecule has 0 bridgehead atoms. The Bertz CT molecular complexity index is 86.6. The predicted octanol–water partition coefficient (Wildman–Crippen LogP) is 2.00. The first kappa shape index (κ1) is 12.3. The summed E-state index contributed by atoms with van der Waals surface area (Å²) in [6, 6.07) is 0. The summed E-state index contributed by atoms with van der Waals surface area (Å²) in [4.78, 5) is 0. The standard InChI is InChI=1S/C9H20O2S/c1-9(2)8-11-6-5-10-4-3-7-12/h9,12H,3-8H2,1-2H3. The summed E-state index contributed by atoms with van der Waals surface area (Å²) in [6.07, 6.45) is 1.02. The van der Waals surface area contributed by atoms with Gasteiger partial charge in [-0.2, -0.15) is 12.6 Å². The summed E-state index contributed by atoms with van der Waals surface area (Å²) in [5.74, 6) is 1.51. The lowest BCUT2D eigenvalue weighted by Crippen LogP contribution is -2.09. The van der Waals surface area contributed by atoms with Crippen molar-refractivity contribution >= 4 is 12.6 Å². The molecule has 0 saturated heterocycles. The van der Waals surface area contributed by atoms with Crippen molar-refractivity contribution in [3.05, 3.63) is 0 Å². The third kappa shape index (κ3) is 10.3. The van der Waals surface area contributed by atoms with Crippen LogP contribution in [-0.2, 0) is 9.47 Å². The Morgan fingerprint density at radius 2 is 1.75 bits per heavy atom. The first-order valence-electron chi connectivity index (χ1n) is 4.53. The van der Waals surface area contributed by atoms with E-state index in [-0.39, 0.29) is 0 Å². The van der Waals surface area contributed by atoms with E-state index in [1.54, 1.807) is 0 Å². The minimum Gasteiger partial charge on any atom is -0.379 e. The molecule has 3 heteroatoms. The van der Waals surface area contributed by atoms with Gasteiger partial charge in [0.15, 0.2) is 0 Å². The van der Waals surface area contributed by atoms with Gasteiger partial charge in [0, 0.05) is 13.2 Å². The Morgan fingerprint density at radius 3 is 2.33 bits per heavy atom. The second-order valence-electron chi connectivity index (χ2n) is 3.16. The summed E-state index contributed by atoms with van der Waals surface area (Å²) >= 11 is 4.08. The zero-order valence-corrected chi connectivity index (χ0v) is 8.98. The fourth-order valence-corrected chi connectivity index (χ4v) is 0.835. The van der Waals surface area contributed by atoms with Crippen molar-refractivity contribution in [3.63, 3.8) is 0 Å². The monoisotopic (exact) mass is 192 g/mol. The lowest BCUT2D eigenvalue weighted by molar-refractivity contribution is 0.0382. The van der Waals surface area contributed by atoms with Gasteiger partial charge in [-0.25, -0.2) is 0 Å². The molecule has 0 saturated carbocycles. The van der Waals surface area contributed by atoms with Crippen LogP contribution in [0, 0.1) is 5.92 Å². The van der Waals surface area contributed by atoms with Crippen LogP contribution >= 0.6 is 12.6 Å². The fourth-order valence-electron chi connectivity index (χ4n) is 0.706. The average molecular weight is 192 g/mol. The molecule has 0 atom stereocenters. The molecule has 12 heavy (non-hydrogen) atoms.